The van der Waals surface area contributed by atoms with Gasteiger partial charge in [-0.25, -0.2) is 17.5 Å². The van der Waals surface area contributed by atoms with E-state index in [2.05, 4.69) is 4.72 Å². The Kier molecular flexibility index (Phi) is 4.89. The fraction of sp³-hybridized carbons (Fsp3) is 0.500. The van der Waals surface area contributed by atoms with Crippen molar-refractivity contribution in [2.75, 3.05) is 12.3 Å². The Morgan fingerprint density at radius 2 is 2.00 bits per heavy atom. The summed E-state index contributed by atoms with van der Waals surface area (Å²) in [6, 6.07) is 1.56. The standard InChI is InChI=1S/C12H19FN2O3S/c1-7(2)11(6-16)15-19(17,18)12-5-10(14)9(13)4-8(12)3/h4-5,7,11,15-16H,6,14H2,1-3H3/t11-/m1/s1. The number of nitrogens with two attached hydrogens (primary N) is 1. The molecule has 4 N–H and O–H groups in total. The molecule has 0 spiro atoms. The topological polar surface area (TPSA) is 92.4 Å². The van der Waals surface area contributed by atoms with Crippen LogP contribution in [0.1, 0.15) is 19.4 Å². The zero-order chi connectivity index (χ0) is 14.8. The van der Waals surface area contributed by atoms with Gasteiger partial charge in [0.25, 0.3) is 0 Å². The van der Waals surface area contributed by atoms with E-state index in [1.54, 1.807) is 13.8 Å². The number of nitrogens with one attached hydrogen (secondary N) is 1. The number of halogens is 1. The SMILES string of the molecule is Cc1cc(F)c(N)cc1S(=O)(=O)N[C@H](CO)C(C)C. The van der Waals surface area contributed by atoms with Crippen molar-refractivity contribution in [2.45, 2.75) is 31.7 Å². The maximum atomic E-state index is 13.2. The lowest BCUT2D eigenvalue weighted by molar-refractivity contribution is 0.227. The summed E-state index contributed by atoms with van der Waals surface area (Å²) in [6.07, 6.45) is 0. The Labute approximate surface area is 112 Å². The van der Waals surface area contributed by atoms with Crippen LogP contribution in [0.3, 0.4) is 0 Å². The van der Waals surface area contributed by atoms with Crippen molar-refractivity contribution in [1.29, 1.82) is 0 Å². The number of nitrogen functional groups attached to an aromatic ring is 1. The Morgan fingerprint density at radius 3 is 2.47 bits per heavy atom. The molecule has 0 aromatic heterocycles. The van der Waals surface area contributed by atoms with Crippen molar-refractivity contribution in [3.63, 3.8) is 0 Å². The van der Waals surface area contributed by atoms with Gasteiger partial charge in [-0.3, -0.25) is 0 Å². The van der Waals surface area contributed by atoms with Crippen molar-refractivity contribution < 1.29 is 17.9 Å². The molecule has 0 aliphatic heterocycles. The number of aryl methyl sites for hydroxylation is 1. The number of rotatable bonds is 5. The fourth-order valence-corrected chi connectivity index (χ4v) is 3.24. The lowest BCUT2D eigenvalue weighted by Crippen LogP contribution is -2.41. The third-order valence-corrected chi connectivity index (χ3v) is 4.52. The highest BCUT2D eigenvalue weighted by molar-refractivity contribution is 7.89. The minimum absolute atomic E-state index is 0.0714. The van der Waals surface area contributed by atoms with E-state index in [1.165, 1.54) is 6.92 Å². The van der Waals surface area contributed by atoms with Gasteiger partial charge in [0, 0.05) is 6.04 Å². The van der Waals surface area contributed by atoms with Gasteiger partial charge in [-0.15, -0.1) is 0 Å². The van der Waals surface area contributed by atoms with Crippen LogP contribution in [-0.4, -0.2) is 26.2 Å². The maximum Gasteiger partial charge on any atom is 0.241 e. The first-order valence-electron chi connectivity index (χ1n) is 5.88. The second-order valence-electron chi connectivity index (χ2n) is 4.79. The number of aliphatic hydroxyl groups excluding tert-OH is 1. The first-order chi connectivity index (χ1) is 8.69. The average molecular weight is 290 g/mol. The van der Waals surface area contributed by atoms with Gasteiger partial charge in [-0.1, -0.05) is 13.8 Å². The first-order valence-corrected chi connectivity index (χ1v) is 7.36. The summed E-state index contributed by atoms with van der Waals surface area (Å²) in [5.74, 6) is -0.725. The molecule has 0 heterocycles. The summed E-state index contributed by atoms with van der Waals surface area (Å²) < 4.78 is 40.0. The van der Waals surface area contributed by atoms with Gasteiger partial charge in [0.05, 0.1) is 17.2 Å². The molecule has 1 atom stereocenters. The third kappa shape index (κ3) is 3.65. The zero-order valence-electron chi connectivity index (χ0n) is 11.1. The smallest absolute Gasteiger partial charge is 0.241 e. The van der Waals surface area contributed by atoms with E-state index in [1.807, 2.05) is 0 Å². The second-order valence-corrected chi connectivity index (χ2v) is 6.48. The van der Waals surface area contributed by atoms with Crippen LogP contribution in [0.25, 0.3) is 0 Å². The molecular weight excluding hydrogens is 271 g/mol. The molecular formula is C12H19FN2O3S. The molecule has 108 valence electrons. The molecule has 1 aromatic carbocycles. The Bertz CT molecular complexity index is 558. The summed E-state index contributed by atoms with van der Waals surface area (Å²) in [5.41, 5.74) is 5.43. The van der Waals surface area contributed by atoms with Crippen molar-refractivity contribution in [3.8, 4) is 0 Å². The summed E-state index contributed by atoms with van der Waals surface area (Å²) in [4.78, 5) is -0.0782. The normalized spacial score (nSPS) is 13.8. The summed E-state index contributed by atoms with van der Waals surface area (Å²) >= 11 is 0. The van der Waals surface area contributed by atoms with E-state index in [9.17, 15) is 12.8 Å². The number of hydrogen-bond acceptors (Lipinski definition) is 4. The van der Waals surface area contributed by atoms with Crippen LogP contribution >= 0.6 is 0 Å². The second kappa shape index (κ2) is 5.85. The van der Waals surface area contributed by atoms with Crippen molar-refractivity contribution in [2.24, 2.45) is 5.92 Å². The Hall–Kier alpha value is -1.18. The molecule has 0 unspecified atom stereocenters. The van der Waals surface area contributed by atoms with Crippen LogP contribution < -0.4 is 10.5 Å². The third-order valence-electron chi connectivity index (χ3n) is 2.89. The highest BCUT2D eigenvalue weighted by atomic mass is 32.2. The van der Waals surface area contributed by atoms with Crippen LogP contribution in [0, 0.1) is 18.7 Å². The average Bonchev–Trinajstić information content (AvgIpc) is 2.30. The minimum atomic E-state index is -3.84. The lowest BCUT2D eigenvalue weighted by Gasteiger charge is -2.20. The van der Waals surface area contributed by atoms with Gasteiger partial charge in [0.15, 0.2) is 0 Å². The number of sulfonamides is 1. The molecule has 19 heavy (non-hydrogen) atoms. The molecule has 0 saturated carbocycles. The summed E-state index contributed by atoms with van der Waals surface area (Å²) in [6.45, 7) is 4.75. The van der Waals surface area contributed by atoms with Gasteiger partial charge < -0.3 is 10.8 Å². The molecule has 0 bridgehead atoms. The molecule has 0 amide bonds. The summed E-state index contributed by atoms with van der Waals surface area (Å²) in [5, 5.41) is 9.16. The van der Waals surface area contributed by atoms with Crippen LogP contribution in [0.4, 0.5) is 10.1 Å². The monoisotopic (exact) mass is 290 g/mol. The van der Waals surface area contributed by atoms with E-state index >= 15 is 0 Å². The molecule has 0 fully saturated rings. The summed E-state index contributed by atoms with van der Waals surface area (Å²) in [7, 11) is -3.84. The predicted octanol–water partition coefficient (Wildman–Crippen LogP) is 1.01. The van der Waals surface area contributed by atoms with Gasteiger partial charge >= 0.3 is 0 Å². The number of aliphatic hydroxyl groups is 1. The highest BCUT2D eigenvalue weighted by Gasteiger charge is 2.24. The maximum absolute atomic E-state index is 13.2. The van der Waals surface area contributed by atoms with Gasteiger partial charge in [-0.05, 0) is 30.5 Å². The Morgan fingerprint density at radius 1 is 1.42 bits per heavy atom. The van der Waals surface area contributed by atoms with Crippen molar-refractivity contribution in [1.82, 2.24) is 4.72 Å². The molecule has 0 saturated heterocycles. The van der Waals surface area contributed by atoms with Gasteiger partial charge in [-0.2, -0.15) is 0 Å². The molecule has 5 nitrogen and oxygen atoms in total. The quantitative estimate of drug-likeness (QED) is 0.706. The number of hydrogen-bond donors (Lipinski definition) is 3. The van der Waals surface area contributed by atoms with E-state index < -0.39 is 21.9 Å². The predicted molar refractivity (Wildman–Crippen MR) is 71.6 cm³/mol. The highest BCUT2D eigenvalue weighted by Crippen LogP contribution is 2.22. The van der Waals surface area contributed by atoms with E-state index in [4.69, 9.17) is 10.8 Å². The first kappa shape index (κ1) is 15.9. The van der Waals surface area contributed by atoms with Crippen LogP contribution in [0.2, 0.25) is 0 Å². The van der Waals surface area contributed by atoms with Crippen LogP contribution in [0.5, 0.6) is 0 Å². The fourth-order valence-electron chi connectivity index (χ4n) is 1.61. The van der Waals surface area contributed by atoms with Gasteiger partial charge in [0.2, 0.25) is 10.0 Å². The molecule has 0 aliphatic carbocycles. The molecule has 7 heteroatoms. The lowest BCUT2D eigenvalue weighted by atomic mass is 10.1. The largest absolute Gasteiger partial charge is 0.396 e. The van der Waals surface area contributed by atoms with Crippen molar-refractivity contribution in [3.05, 3.63) is 23.5 Å². The van der Waals surface area contributed by atoms with Crippen molar-refractivity contribution >= 4 is 15.7 Å². The number of anilines is 1. The number of benzene rings is 1. The molecule has 1 rings (SSSR count). The zero-order valence-corrected chi connectivity index (χ0v) is 12.0. The van der Waals surface area contributed by atoms with Crippen LogP contribution in [-0.2, 0) is 10.0 Å². The van der Waals surface area contributed by atoms with E-state index in [-0.39, 0.29) is 28.7 Å². The molecule has 0 aliphatic rings. The van der Waals surface area contributed by atoms with E-state index in [0.29, 0.717) is 0 Å². The van der Waals surface area contributed by atoms with Gasteiger partial charge in [0.1, 0.15) is 5.82 Å². The Balaban J connectivity index is 3.17. The van der Waals surface area contributed by atoms with E-state index in [0.717, 1.165) is 12.1 Å². The van der Waals surface area contributed by atoms with Crippen LogP contribution in [0.15, 0.2) is 17.0 Å². The minimum Gasteiger partial charge on any atom is -0.396 e. The molecule has 1 aromatic rings. The molecule has 0 radical (unpaired) electrons.